The number of amides is 1. The number of para-hydroxylation sites is 1. The van der Waals surface area contributed by atoms with E-state index in [1.807, 2.05) is 46.1 Å². The molecule has 8 heteroatoms. The molecule has 0 aliphatic carbocycles. The lowest BCUT2D eigenvalue weighted by atomic mass is 10.1. The van der Waals surface area contributed by atoms with Crippen molar-refractivity contribution >= 4 is 22.8 Å². The smallest absolute Gasteiger partial charge is 0.253 e. The third kappa shape index (κ3) is 4.60. The first kappa shape index (κ1) is 23.0. The molecule has 0 radical (unpaired) electrons. The van der Waals surface area contributed by atoms with Gasteiger partial charge in [-0.15, -0.1) is 0 Å². The fraction of sp³-hybridized carbons (Fsp3) is 0.333. The van der Waals surface area contributed by atoms with Crippen molar-refractivity contribution in [3.05, 3.63) is 78.0 Å². The van der Waals surface area contributed by atoms with Crippen molar-refractivity contribution in [2.75, 3.05) is 31.1 Å². The minimum atomic E-state index is -0.343. The first-order valence-corrected chi connectivity index (χ1v) is 12.2. The average Bonchev–Trinajstić information content (AvgIpc) is 3.17. The van der Waals surface area contributed by atoms with Crippen LogP contribution in [0.25, 0.3) is 16.7 Å². The Morgan fingerprint density at radius 1 is 1.00 bits per heavy atom. The Hall–Kier alpha value is -3.81. The van der Waals surface area contributed by atoms with Crippen LogP contribution in [0.1, 0.15) is 48.8 Å². The number of hydrogen-bond acceptors (Lipinski definition) is 5. The number of carbonyl (C=O) groups excluding carboxylic acids is 1. The lowest BCUT2D eigenvalue weighted by molar-refractivity contribution is 0.0767. The number of halogens is 1. The van der Waals surface area contributed by atoms with Crippen LogP contribution in [0.2, 0.25) is 0 Å². The summed E-state index contributed by atoms with van der Waals surface area (Å²) in [4.78, 5) is 27.0. The number of benzene rings is 2. The predicted octanol–water partition coefficient (Wildman–Crippen LogP) is 4.82. The molecule has 1 atom stereocenters. The van der Waals surface area contributed by atoms with Gasteiger partial charge in [-0.2, -0.15) is 5.10 Å². The van der Waals surface area contributed by atoms with Gasteiger partial charge in [-0.05, 0) is 49.2 Å². The average molecular weight is 473 g/mol. The van der Waals surface area contributed by atoms with E-state index in [9.17, 15) is 9.18 Å². The maximum atomic E-state index is 13.3. The summed E-state index contributed by atoms with van der Waals surface area (Å²) >= 11 is 0. The number of aromatic nitrogens is 4. The molecule has 0 N–H and O–H groups in total. The normalized spacial score (nSPS) is 15.3. The van der Waals surface area contributed by atoms with Gasteiger partial charge >= 0.3 is 0 Å². The van der Waals surface area contributed by atoms with Gasteiger partial charge in [0.15, 0.2) is 5.65 Å². The number of nitrogens with zero attached hydrogens (tertiary/aromatic N) is 6. The lowest BCUT2D eigenvalue weighted by Gasteiger charge is -2.24. The molecule has 0 bridgehead atoms. The summed E-state index contributed by atoms with van der Waals surface area (Å²) in [6.45, 7) is 6.90. The Morgan fingerprint density at radius 3 is 2.51 bits per heavy atom. The fourth-order valence-corrected chi connectivity index (χ4v) is 4.42. The van der Waals surface area contributed by atoms with Crippen molar-refractivity contribution in [1.82, 2.24) is 24.6 Å². The van der Waals surface area contributed by atoms with Gasteiger partial charge in [0.2, 0.25) is 0 Å². The molecule has 2 aromatic carbocycles. The Balaban J connectivity index is 1.47. The van der Waals surface area contributed by atoms with Crippen molar-refractivity contribution in [2.24, 2.45) is 0 Å². The molecule has 4 aromatic rings. The summed E-state index contributed by atoms with van der Waals surface area (Å²) in [5.41, 5.74) is 2.25. The van der Waals surface area contributed by atoms with Crippen LogP contribution in [0, 0.1) is 5.82 Å². The first-order valence-electron chi connectivity index (χ1n) is 12.2. The molecule has 35 heavy (non-hydrogen) atoms. The summed E-state index contributed by atoms with van der Waals surface area (Å²) < 4.78 is 15.2. The number of hydrogen-bond donors (Lipinski definition) is 0. The standard InChI is InChI=1S/C27H29FN6O/c1-3-19(2)24-30-25(23-18-29-34(26(23)31-24)22-8-5-4-6-9-22)32-14-7-15-33(17-16-32)27(35)20-10-12-21(28)13-11-20/h4-6,8-13,18-19H,3,7,14-17H2,1-2H3. The third-order valence-electron chi connectivity index (χ3n) is 6.65. The minimum Gasteiger partial charge on any atom is -0.354 e. The van der Waals surface area contributed by atoms with E-state index in [0.717, 1.165) is 47.7 Å². The second-order valence-electron chi connectivity index (χ2n) is 8.98. The molecule has 0 spiro atoms. The maximum Gasteiger partial charge on any atom is 0.253 e. The molecule has 7 nitrogen and oxygen atoms in total. The van der Waals surface area contributed by atoms with Crippen LogP contribution in [0.4, 0.5) is 10.2 Å². The maximum absolute atomic E-state index is 13.3. The van der Waals surface area contributed by atoms with Crippen molar-refractivity contribution in [1.29, 1.82) is 0 Å². The zero-order valence-corrected chi connectivity index (χ0v) is 20.1. The Labute approximate surface area is 204 Å². The SMILES string of the molecule is CCC(C)c1nc(N2CCCN(C(=O)c3ccc(F)cc3)CC2)c2cnn(-c3ccccc3)c2n1. The second kappa shape index (κ2) is 9.82. The summed E-state index contributed by atoms with van der Waals surface area (Å²) in [5.74, 6) is 1.46. The summed E-state index contributed by atoms with van der Waals surface area (Å²) in [5, 5.41) is 5.56. The van der Waals surface area contributed by atoms with Crippen LogP contribution in [0.3, 0.4) is 0 Å². The van der Waals surface area contributed by atoms with Crippen LogP contribution >= 0.6 is 0 Å². The molecule has 1 saturated heterocycles. The molecule has 1 aliphatic heterocycles. The number of anilines is 1. The lowest BCUT2D eigenvalue weighted by Crippen LogP contribution is -2.35. The zero-order valence-electron chi connectivity index (χ0n) is 20.1. The summed E-state index contributed by atoms with van der Waals surface area (Å²) in [7, 11) is 0. The van der Waals surface area contributed by atoms with Crippen LogP contribution in [0.15, 0.2) is 60.8 Å². The Morgan fingerprint density at radius 2 is 1.77 bits per heavy atom. The Bertz CT molecular complexity index is 1320. The molecule has 1 aliphatic rings. The van der Waals surface area contributed by atoms with Gasteiger partial charge in [0.1, 0.15) is 17.5 Å². The quantitative estimate of drug-likeness (QED) is 0.417. The van der Waals surface area contributed by atoms with Gasteiger partial charge in [-0.1, -0.05) is 32.0 Å². The van der Waals surface area contributed by atoms with E-state index in [-0.39, 0.29) is 17.6 Å². The van der Waals surface area contributed by atoms with Crippen LogP contribution in [0.5, 0.6) is 0 Å². The van der Waals surface area contributed by atoms with Crippen molar-refractivity contribution in [3.8, 4) is 5.69 Å². The van der Waals surface area contributed by atoms with E-state index in [4.69, 9.17) is 9.97 Å². The molecule has 1 amide bonds. The zero-order chi connectivity index (χ0) is 24.4. The molecule has 180 valence electrons. The number of fused-ring (bicyclic) bond motifs is 1. The highest BCUT2D eigenvalue weighted by Crippen LogP contribution is 2.29. The highest BCUT2D eigenvalue weighted by Gasteiger charge is 2.25. The van der Waals surface area contributed by atoms with E-state index < -0.39 is 0 Å². The molecular formula is C27H29FN6O. The van der Waals surface area contributed by atoms with E-state index in [1.165, 1.54) is 12.1 Å². The van der Waals surface area contributed by atoms with E-state index >= 15 is 0 Å². The molecule has 3 heterocycles. The van der Waals surface area contributed by atoms with Crippen molar-refractivity contribution in [3.63, 3.8) is 0 Å². The van der Waals surface area contributed by atoms with Crippen LogP contribution in [-0.4, -0.2) is 56.7 Å². The van der Waals surface area contributed by atoms with E-state index in [2.05, 4.69) is 23.8 Å². The molecule has 0 saturated carbocycles. The van der Waals surface area contributed by atoms with Gasteiger partial charge in [0.05, 0.1) is 17.3 Å². The third-order valence-corrected chi connectivity index (χ3v) is 6.65. The van der Waals surface area contributed by atoms with Crippen molar-refractivity contribution < 1.29 is 9.18 Å². The number of rotatable bonds is 5. The van der Waals surface area contributed by atoms with Gasteiger partial charge < -0.3 is 9.80 Å². The van der Waals surface area contributed by atoms with Gasteiger partial charge in [0.25, 0.3) is 5.91 Å². The largest absolute Gasteiger partial charge is 0.354 e. The minimum absolute atomic E-state index is 0.0723. The molecule has 1 fully saturated rings. The second-order valence-corrected chi connectivity index (χ2v) is 8.98. The molecule has 1 unspecified atom stereocenters. The summed E-state index contributed by atoms with van der Waals surface area (Å²) in [6, 6.07) is 15.7. The number of carbonyl (C=O) groups is 1. The molecule has 5 rings (SSSR count). The fourth-order valence-electron chi connectivity index (χ4n) is 4.42. The summed E-state index contributed by atoms with van der Waals surface area (Å²) in [6.07, 6.45) is 3.58. The highest BCUT2D eigenvalue weighted by atomic mass is 19.1. The van der Waals surface area contributed by atoms with E-state index in [0.29, 0.717) is 25.2 Å². The first-order chi connectivity index (χ1) is 17.0. The van der Waals surface area contributed by atoms with Crippen LogP contribution in [-0.2, 0) is 0 Å². The van der Waals surface area contributed by atoms with E-state index in [1.54, 1.807) is 12.1 Å². The van der Waals surface area contributed by atoms with Gasteiger partial charge in [0, 0.05) is 37.7 Å². The molecular weight excluding hydrogens is 443 g/mol. The van der Waals surface area contributed by atoms with Gasteiger partial charge in [-0.3, -0.25) is 4.79 Å². The Kier molecular flexibility index (Phi) is 6.44. The van der Waals surface area contributed by atoms with Gasteiger partial charge in [-0.25, -0.2) is 19.0 Å². The van der Waals surface area contributed by atoms with Crippen LogP contribution < -0.4 is 4.90 Å². The topological polar surface area (TPSA) is 67.2 Å². The monoisotopic (exact) mass is 472 g/mol. The van der Waals surface area contributed by atoms with Crippen molar-refractivity contribution in [2.45, 2.75) is 32.6 Å². The predicted molar refractivity (Wildman–Crippen MR) is 134 cm³/mol. The highest BCUT2D eigenvalue weighted by molar-refractivity contribution is 5.94. The molecule has 2 aromatic heterocycles.